The van der Waals surface area contributed by atoms with Crippen LogP contribution in [0.25, 0.3) is 0 Å². The van der Waals surface area contributed by atoms with Crippen LogP contribution >= 0.6 is 0 Å². The van der Waals surface area contributed by atoms with Crippen molar-refractivity contribution < 1.29 is 4.39 Å². The molecule has 2 nitrogen and oxygen atoms in total. The third kappa shape index (κ3) is 4.94. The topological polar surface area (TPSA) is 24.9 Å². The molecule has 21 heavy (non-hydrogen) atoms. The maximum Gasteiger partial charge on any atom is 0.141 e. The number of benzene rings is 1. The number of aromatic nitrogens is 1. The van der Waals surface area contributed by atoms with E-state index < -0.39 is 0 Å². The van der Waals surface area contributed by atoms with Gasteiger partial charge in [-0.25, -0.2) is 4.39 Å². The summed E-state index contributed by atoms with van der Waals surface area (Å²) >= 11 is 0. The van der Waals surface area contributed by atoms with Gasteiger partial charge < -0.3 is 5.32 Å². The van der Waals surface area contributed by atoms with Gasteiger partial charge in [-0.2, -0.15) is 0 Å². The predicted molar refractivity (Wildman–Crippen MR) is 84.7 cm³/mol. The number of nitrogens with one attached hydrogen (secondary N) is 1. The molecule has 0 aliphatic heterocycles. The molecule has 1 unspecified atom stereocenters. The van der Waals surface area contributed by atoms with Crippen LogP contribution in [0.1, 0.15) is 42.5 Å². The minimum atomic E-state index is -0.272. The van der Waals surface area contributed by atoms with E-state index in [0.29, 0.717) is 0 Å². The van der Waals surface area contributed by atoms with Crippen LogP contribution in [0.4, 0.5) is 4.39 Å². The third-order valence-electron chi connectivity index (χ3n) is 3.57. The lowest BCUT2D eigenvalue weighted by molar-refractivity contribution is 0.493. The second kappa shape index (κ2) is 7.89. The van der Waals surface area contributed by atoms with Gasteiger partial charge in [0, 0.05) is 12.2 Å². The summed E-state index contributed by atoms with van der Waals surface area (Å²) in [6.45, 7) is 5.16. The number of hydrogen-bond donors (Lipinski definition) is 1. The second-order valence-corrected chi connectivity index (χ2v) is 5.47. The summed E-state index contributed by atoms with van der Waals surface area (Å²) in [4.78, 5) is 3.97. The quantitative estimate of drug-likeness (QED) is 0.825. The van der Waals surface area contributed by atoms with Crippen molar-refractivity contribution in [1.29, 1.82) is 0 Å². The zero-order valence-electron chi connectivity index (χ0n) is 12.8. The van der Waals surface area contributed by atoms with E-state index in [2.05, 4.69) is 48.4 Å². The van der Waals surface area contributed by atoms with Gasteiger partial charge >= 0.3 is 0 Å². The Morgan fingerprint density at radius 1 is 1.24 bits per heavy atom. The summed E-state index contributed by atoms with van der Waals surface area (Å²) < 4.78 is 13.4. The SMILES string of the molecule is CCCNC(CCc1cccc(C)c1)c1cncc(F)c1. The van der Waals surface area contributed by atoms with E-state index in [1.807, 2.05) is 0 Å². The monoisotopic (exact) mass is 286 g/mol. The highest BCUT2D eigenvalue weighted by Gasteiger charge is 2.12. The highest BCUT2D eigenvalue weighted by atomic mass is 19.1. The van der Waals surface area contributed by atoms with Crippen LogP contribution in [0.15, 0.2) is 42.7 Å². The molecule has 2 rings (SSSR count). The molecule has 112 valence electrons. The van der Waals surface area contributed by atoms with Crippen molar-refractivity contribution in [3.63, 3.8) is 0 Å². The molecule has 0 aliphatic carbocycles. The number of pyridine rings is 1. The molecule has 1 aromatic heterocycles. The predicted octanol–water partition coefficient (Wildman–Crippen LogP) is 4.20. The Morgan fingerprint density at radius 3 is 2.81 bits per heavy atom. The normalized spacial score (nSPS) is 12.3. The highest BCUT2D eigenvalue weighted by Crippen LogP contribution is 2.20. The molecule has 0 fully saturated rings. The fraction of sp³-hybridized carbons (Fsp3) is 0.389. The first-order chi connectivity index (χ1) is 10.2. The smallest absolute Gasteiger partial charge is 0.141 e. The molecule has 1 heterocycles. The molecule has 1 atom stereocenters. The molecular weight excluding hydrogens is 263 g/mol. The van der Waals surface area contributed by atoms with Crippen LogP contribution < -0.4 is 5.32 Å². The Bertz CT molecular complexity index is 569. The van der Waals surface area contributed by atoms with Gasteiger partial charge in [-0.05, 0) is 49.9 Å². The minimum absolute atomic E-state index is 0.147. The first kappa shape index (κ1) is 15.6. The van der Waals surface area contributed by atoms with Crippen molar-refractivity contribution in [3.05, 3.63) is 65.2 Å². The maximum atomic E-state index is 13.4. The van der Waals surface area contributed by atoms with E-state index in [9.17, 15) is 4.39 Å². The average Bonchev–Trinajstić information content (AvgIpc) is 2.47. The molecule has 2 aromatic rings. The molecule has 0 amide bonds. The number of halogens is 1. The van der Waals surface area contributed by atoms with E-state index in [1.165, 1.54) is 17.3 Å². The van der Waals surface area contributed by atoms with Crippen LogP contribution in [-0.4, -0.2) is 11.5 Å². The van der Waals surface area contributed by atoms with Gasteiger partial charge in [0.05, 0.1) is 6.20 Å². The van der Waals surface area contributed by atoms with Crippen LogP contribution in [0, 0.1) is 12.7 Å². The van der Waals surface area contributed by atoms with Crippen LogP contribution in [-0.2, 0) is 6.42 Å². The first-order valence-corrected chi connectivity index (χ1v) is 7.58. The molecule has 0 saturated heterocycles. The molecule has 1 N–H and O–H groups in total. The highest BCUT2D eigenvalue weighted by molar-refractivity contribution is 5.23. The van der Waals surface area contributed by atoms with Gasteiger partial charge in [0.25, 0.3) is 0 Å². The van der Waals surface area contributed by atoms with Gasteiger partial charge in [-0.3, -0.25) is 4.98 Å². The Hall–Kier alpha value is -1.74. The summed E-state index contributed by atoms with van der Waals surface area (Å²) in [5.74, 6) is -0.272. The van der Waals surface area contributed by atoms with Gasteiger partial charge in [-0.1, -0.05) is 36.8 Å². The van der Waals surface area contributed by atoms with Crippen molar-refractivity contribution >= 4 is 0 Å². The Kier molecular flexibility index (Phi) is 5.88. The second-order valence-electron chi connectivity index (χ2n) is 5.47. The minimum Gasteiger partial charge on any atom is -0.310 e. The number of rotatable bonds is 7. The molecule has 1 aromatic carbocycles. The summed E-state index contributed by atoms with van der Waals surface area (Å²) in [6, 6.07) is 10.3. The van der Waals surface area contributed by atoms with E-state index in [-0.39, 0.29) is 11.9 Å². The van der Waals surface area contributed by atoms with Crippen molar-refractivity contribution in [2.45, 2.75) is 39.2 Å². The average molecular weight is 286 g/mol. The lowest BCUT2D eigenvalue weighted by Crippen LogP contribution is -2.23. The standard InChI is InChI=1S/C18H23FN2/c1-3-9-21-18(16-11-17(19)13-20-12-16)8-7-15-6-4-5-14(2)10-15/h4-6,10-13,18,21H,3,7-9H2,1-2H3. The van der Waals surface area contributed by atoms with Crippen molar-refractivity contribution in [3.8, 4) is 0 Å². The number of aryl methyl sites for hydroxylation is 2. The molecule has 0 radical (unpaired) electrons. The zero-order valence-corrected chi connectivity index (χ0v) is 12.8. The van der Waals surface area contributed by atoms with Crippen molar-refractivity contribution in [1.82, 2.24) is 10.3 Å². The molecule has 0 spiro atoms. The van der Waals surface area contributed by atoms with E-state index in [0.717, 1.165) is 31.4 Å². The lowest BCUT2D eigenvalue weighted by Gasteiger charge is -2.19. The molecule has 0 aliphatic rings. The zero-order chi connectivity index (χ0) is 15.1. The fourth-order valence-electron chi connectivity index (χ4n) is 2.50. The van der Waals surface area contributed by atoms with E-state index in [1.54, 1.807) is 12.3 Å². The Morgan fingerprint density at radius 2 is 2.10 bits per heavy atom. The lowest BCUT2D eigenvalue weighted by atomic mass is 9.99. The molecule has 0 bridgehead atoms. The van der Waals surface area contributed by atoms with E-state index >= 15 is 0 Å². The summed E-state index contributed by atoms with van der Waals surface area (Å²) in [5.41, 5.74) is 3.52. The maximum absolute atomic E-state index is 13.4. The van der Waals surface area contributed by atoms with Crippen LogP contribution in [0.5, 0.6) is 0 Å². The van der Waals surface area contributed by atoms with Crippen molar-refractivity contribution in [2.75, 3.05) is 6.54 Å². The van der Waals surface area contributed by atoms with Crippen LogP contribution in [0.3, 0.4) is 0 Å². The van der Waals surface area contributed by atoms with Gasteiger partial charge in [0.1, 0.15) is 5.82 Å². The number of nitrogens with zero attached hydrogens (tertiary/aromatic N) is 1. The Balaban J connectivity index is 2.06. The first-order valence-electron chi connectivity index (χ1n) is 7.58. The number of hydrogen-bond acceptors (Lipinski definition) is 2. The van der Waals surface area contributed by atoms with Gasteiger partial charge in [0.2, 0.25) is 0 Å². The third-order valence-corrected chi connectivity index (χ3v) is 3.57. The van der Waals surface area contributed by atoms with Crippen LogP contribution in [0.2, 0.25) is 0 Å². The van der Waals surface area contributed by atoms with E-state index in [4.69, 9.17) is 0 Å². The summed E-state index contributed by atoms with van der Waals surface area (Å²) in [7, 11) is 0. The van der Waals surface area contributed by atoms with Gasteiger partial charge in [-0.15, -0.1) is 0 Å². The van der Waals surface area contributed by atoms with Gasteiger partial charge in [0.15, 0.2) is 0 Å². The summed E-state index contributed by atoms with van der Waals surface area (Å²) in [6.07, 6.45) is 5.98. The van der Waals surface area contributed by atoms with Crippen molar-refractivity contribution in [2.24, 2.45) is 0 Å². The summed E-state index contributed by atoms with van der Waals surface area (Å²) in [5, 5.41) is 3.49. The largest absolute Gasteiger partial charge is 0.310 e. The fourth-order valence-corrected chi connectivity index (χ4v) is 2.50. The molecular formula is C18H23FN2. The molecule has 0 saturated carbocycles. The Labute approximate surface area is 126 Å². The molecule has 3 heteroatoms.